The summed E-state index contributed by atoms with van der Waals surface area (Å²) in [6.07, 6.45) is 2.06. The molecule has 5 heteroatoms. The van der Waals surface area contributed by atoms with Crippen LogP contribution < -0.4 is 5.73 Å². The first-order valence-electron chi connectivity index (χ1n) is 6.00. The molecule has 1 heterocycles. The van der Waals surface area contributed by atoms with Crippen molar-refractivity contribution in [3.05, 3.63) is 33.5 Å². The Hall–Kier alpha value is -0.820. The average molecular weight is 385 g/mol. The van der Waals surface area contributed by atoms with E-state index in [1.165, 1.54) is 4.90 Å². The Morgan fingerprint density at radius 3 is 2.32 bits per heavy atom. The Morgan fingerprint density at radius 2 is 1.79 bits per heavy atom. The van der Waals surface area contributed by atoms with Gasteiger partial charge in [0, 0.05) is 10.5 Å². The smallest absolute Gasteiger partial charge is 0.161 e. The third kappa shape index (κ3) is 3.20. The highest BCUT2D eigenvalue weighted by molar-refractivity contribution is 14.1. The van der Waals surface area contributed by atoms with Crippen molar-refractivity contribution in [1.29, 1.82) is 0 Å². The summed E-state index contributed by atoms with van der Waals surface area (Å²) < 4.78 is 0.956. The Morgan fingerprint density at radius 1 is 1.16 bits per heavy atom. The van der Waals surface area contributed by atoms with Crippen molar-refractivity contribution in [3.63, 3.8) is 0 Å². The number of thioether (sulfide) groups is 1. The Bertz CT molecular complexity index is 582. The van der Waals surface area contributed by atoms with Gasteiger partial charge in [-0.15, -0.1) is 11.8 Å². The van der Waals surface area contributed by atoms with Crippen molar-refractivity contribution < 1.29 is 0 Å². The van der Waals surface area contributed by atoms with Gasteiger partial charge in [0.2, 0.25) is 0 Å². The van der Waals surface area contributed by atoms with Gasteiger partial charge in [0.25, 0.3) is 0 Å². The second-order valence-electron chi connectivity index (χ2n) is 4.51. The normalized spacial score (nSPS) is 11.0. The number of hydrogen-bond donors (Lipinski definition) is 1. The summed E-state index contributed by atoms with van der Waals surface area (Å²) in [6, 6.07) is 8.23. The van der Waals surface area contributed by atoms with Crippen LogP contribution in [0.25, 0.3) is 11.4 Å². The molecule has 0 radical (unpaired) electrons. The van der Waals surface area contributed by atoms with Crippen molar-refractivity contribution in [2.45, 2.75) is 24.7 Å². The van der Waals surface area contributed by atoms with Gasteiger partial charge < -0.3 is 5.73 Å². The molecule has 2 N–H and O–H groups in total. The summed E-state index contributed by atoms with van der Waals surface area (Å²) in [7, 11) is 0. The lowest BCUT2D eigenvalue weighted by molar-refractivity contribution is 0.810. The molecule has 0 aliphatic rings. The van der Waals surface area contributed by atoms with Crippen molar-refractivity contribution in [3.8, 4) is 11.4 Å². The Kier molecular flexibility index (Phi) is 4.67. The monoisotopic (exact) mass is 385 g/mol. The van der Waals surface area contributed by atoms with Crippen LogP contribution in [0.2, 0.25) is 0 Å². The number of aromatic nitrogens is 2. The zero-order valence-electron chi connectivity index (χ0n) is 11.1. The van der Waals surface area contributed by atoms with Crippen LogP contribution in [-0.2, 0) is 0 Å². The van der Waals surface area contributed by atoms with Gasteiger partial charge in [0.05, 0.1) is 9.26 Å². The number of anilines is 1. The van der Waals surface area contributed by atoms with Gasteiger partial charge in [-0.2, -0.15) is 0 Å². The molecule has 1 aromatic heterocycles. The van der Waals surface area contributed by atoms with Gasteiger partial charge in [-0.25, -0.2) is 9.97 Å². The molecule has 0 aliphatic carbocycles. The predicted molar refractivity (Wildman–Crippen MR) is 90.5 cm³/mol. The lowest BCUT2D eigenvalue weighted by Gasteiger charge is -2.11. The minimum atomic E-state index is 0.335. The Balaban J connectivity index is 2.49. The van der Waals surface area contributed by atoms with Crippen LogP contribution in [0.1, 0.15) is 25.5 Å². The van der Waals surface area contributed by atoms with E-state index >= 15 is 0 Å². The fourth-order valence-electron chi connectivity index (χ4n) is 1.73. The van der Waals surface area contributed by atoms with Crippen molar-refractivity contribution >= 4 is 40.2 Å². The third-order valence-electron chi connectivity index (χ3n) is 2.80. The number of halogens is 1. The predicted octanol–water partition coefficient (Wildman–Crippen LogP) is 4.18. The lowest BCUT2D eigenvalue weighted by atomic mass is 10.1. The molecule has 0 saturated heterocycles. The van der Waals surface area contributed by atoms with Crippen LogP contribution >= 0.6 is 34.4 Å². The summed E-state index contributed by atoms with van der Waals surface area (Å²) >= 11 is 3.93. The van der Waals surface area contributed by atoms with Crippen LogP contribution in [0.15, 0.2) is 29.2 Å². The average Bonchev–Trinajstić information content (AvgIpc) is 2.41. The largest absolute Gasteiger partial charge is 0.383 e. The number of rotatable bonds is 3. The number of nitrogen functional groups attached to an aromatic ring is 1. The highest BCUT2D eigenvalue weighted by Gasteiger charge is 2.13. The van der Waals surface area contributed by atoms with Gasteiger partial charge in [-0.05, 0) is 46.9 Å². The number of nitrogens with zero attached hydrogens (tertiary/aromatic N) is 2. The summed E-state index contributed by atoms with van der Waals surface area (Å²) in [5.41, 5.74) is 8.00. The molecule has 0 fully saturated rings. The zero-order valence-corrected chi connectivity index (χ0v) is 14.1. The fourth-order valence-corrected chi connectivity index (χ4v) is 3.01. The van der Waals surface area contributed by atoms with E-state index in [1.807, 2.05) is 12.1 Å². The molecule has 2 aromatic rings. The second kappa shape index (κ2) is 6.09. The molecule has 0 bridgehead atoms. The van der Waals surface area contributed by atoms with E-state index in [2.05, 4.69) is 64.8 Å². The third-order valence-corrected chi connectivity index (χ3v) is 4.65. The summed E-state index contributed by atoms with van der Waals surface area (Å²) in [5, 5.41) is 0. The first kappa shape index (κ1) is 14.6. The Labute approximate surface area is 131 Å². The molecule has 0 saturated carbocycles. The molecule has 0 spiro atoms. The molecule has 3 nitrogen and oxygen atoms in total. The zero-order chi connectivity index (χ0) is 14.0. The molecule has 100 valence electrons. The maximum Gasteiger partial charge on any atom is 0.161 e. The van der Waals surface area contributed by atoms with Gasteiger partial charge >= 0.3 is 0 Å². The van der Waals surface area contributed by atoms with Crippen molar-refractivity contribution in [1.82, 2.24) is 9.97 Å². The van der Waals surface area contributed by atoms with Crippen LogP contribution in [-0.4, -0.2) is 16.2 Å². The molecule has 0 unspecified atom stereocenters. The number of nitrogens with two attached hydrogens (primary N) is 1. The molecule has 2 rings (SSSR count). The minimum absolute atomic E-state index is 0.335. The topological polar surface area (TPSA) is 51.8 Å². The van der Waals surface area contributed by atoms with Gasteiger partial charge in [-0.1, -0.05) is 26.0 Å². The van der Waals surface area contributed by atoms with Gasteiger partial charge in [0.15, 0.2) is 5.82 Å². The van der Waals surface area contributed by atoms with Crippen molar-refractivity contribution in [2.75, 3.05) is 12.0 Å². The van der Waals surface area contributed by atoms with Crippen molar-refractivity contribution in [2.24, 2.45) is 0 Å². The van der Waals surface area contributed by atoms with E-state index in [4.69, 9.17) is 5.73 Å². The molecule has 0 atom stereocenters. The summed E-state index contributed by atoms with van der Waals surface area (Å²) in [4.78, 5) is 10.3. The quantitative estimate of drug-likeness (QED) is 0.636. The van der Waals surface area contributed by atoms with E-state index < -0.39 is 0 Å². The standard InChI is InChI=1S/C14H16IN3S/c1-8(2)12-11(15)13(16)18-14(17-12)9-4-6-10(19-3)7-5-9/h4-8H,1-3H3,(H2,16,17,18). The van der Waals surface area contributed by atoms with Gasteiger partial charge in [-0.3, -0.25) is 0 Å². The highest BCUT2D eigenvalue weighted by Crippen LogP contribution is 2.27. The molecular weight excluding hydrogens is 369 g/mol. The SMILES string of the molecule is CSc1ccc(-c2nc(N)c(I)c(C(C)C)n2)cc1. The fraction of sp³-hybridized carbons (Fsp3) is 0.286. The maximum atomic E-state index is 5.99. The van der Waals surface area contributed by atoms with Crippen LogP contribution in [0.3, 0.4) is 0 Å². The van der Waals surface area contributed by atoms with E-state index in [0.29, 0.717) is 17.6 Å². The number of hydrogen-bond acceptors (Lipinski definition) is 4. The highest BCUT2D eigenvalue weighted by atomic mass is 127. The first-order chi connectivity index (χ1) is 9.02. The molecule has 1 aromatic carbocycles. The van der Waals surface area contributed by atoms with Gasteiger partial charge in [0.1, 0.15) is 5.82 Å². The maximum absolute atomic E-state index is 5.99. The molecule has 19 heavy (non-hydrogen) atoms. The first-order valence-corrected chi connectivity index (χ1v) is 8.30. The second-order valence-corrected chi connectivity index (χ2v) is 6.47. The molecule has 0 amide bonds. The van der Waals surface area contributed by atoms with E-state index in [-0.39, 0.29) is 0 Å². The van der Waals surface area contributed by atoms with Crippen LogP contribution in [0, 0.1) is 3.57 Å². The van der Waals surface area contributed by atoms with E-state index in [1.54, 1.807) is 11.8 Å². The summed E-state index contributed by atoms with van der Waals surface area (Å²) in [5.74, 6) is 1.60. The summed E-state index contributed by atoms with van der Waals surface area (Å²) in [6.45, 7) is 4.23. The van der Waals surface area contributed by atoms with Crippen LogP contribution in [0.4, 0.5) is 5.82 Å². The molecule has 0 aliphatic heterocycles. The number of benzene rings is 1. The van der Waals surface area contributed by atoms with E-state index in [9.17, 15) is 0 Å². The molecular formula is C14H16IN3S. The van der Waals surface area contributed by atoms with Crippen LogP contribution in [0.5, 0.6) is 0 Å². The lowest BCUT2D eigenvalue weighted by Crippen LogP contribution is -2.06. The minimum Gasteiger partial charge on any atom is -0.383 e. The van der Waals surface area contributed by atoms with E-state index in [0.717, 1.165) is 14.8 Å².